The second-order valence-electron chi connectivity index (χ2n) is 4.20. The zero-order valence-electron chi connectivity index (χ0n) is 11.0. The van der Waals surface area contributed by atoms with Crippen molar-refractivity contribution in [3.8, 4) is 5.75 Å². The lowest BCUT2D eigenvalue weighted by atomic mass is 10.1. The summed E-state index contributed by atoms with van der Waals surface area (Å²) in [4.78, 5) is 12.0. The molecule has 0 fully saturated rings. The number of anilines is 1. The molecule has 1 amide bonds. The number of nitrogens with two attached hydrogens (primary N) is 1. The fourth-order valence-electron chi connectivity index (χ4n) is 1.79. The molecule has 2 aromatic carbocycles. The normalized spacial score (nSPS) is 10.2. The second kappa shape index (κ2) is 6.16. The summed E-state index contributed by atoms with van der Waals surface area (Å²) >= 11 is 0. The number of rotatable bonds is 4. The predicted octanol–water partition coefficient (Wildman–Crippen LogP) is 2.55. The molecule has 104 valence electrons. The molecule has 0 spiro atoms. The van der Waals surface area contributed by atoms with Crippen molar-refractivity contribution in [1.82, 2.24) is 0 Å². The van der Waals surface area contributed by atoms with Crippen LogP contribution in [0, 0.1) is 5.82 Å². The molecule has 2 rings (SSSR count). The molecule has 0 saturated heterocycles. The first-order valence-corrected chi connectivity index (χ1v) is 6.08. The number of halogens is 1. The van der Waals surface area contributed by atoms with Gasteiger partial charge in [-0.25, -0.2) is 4.39 Å². The molecule has 0 atom stereocenters. The molecule has 0 saturated carbocycles. The quantitative estimate of drug-likeness (QED) is 0.900. The first-order chi connectivity index (χ1) is 9.63. The maximum Gasteiger partial charge on any atom is 0.255 e. The minimum atomic E-state index is -0.455. The van der Waals surface area contributed by atoms with E-state index in [0.29, 0.717) is 18.0 Å². The number of methoxy groups -OCH3 is 1. The fourth-order valence-corrected chi connectivity index (χ4v) is 1.79. The molecule has 0 aromatic heterocycles. The minimum Gasteiger partial charge on any atom is -0.495 e. The summed E-state index contributed by atoms with van der Waals surface area (Å²) in [6.07, 6.45) is 0. The number of ether oxygens (including phenoxy) is 1. The Labute approximate surface area is 116 Å². The minimum absolute atomic E-state index is 0.245. The van der Waals surface area contributed by atoms with Gasteiger partial charge in [0.25, 0.3) is 5.91 Å². The third-order valence-corrected chi connectivity index (χ3v) is 2.84. The fraction of sp³-hybridized carbons (Fsp3) is 0.133. The maximum atomic E-state index is 13.1. The van der Waals surface area contributed by atoms with Crippen LogP contribution in [0.15, 0.2) is 42.5 Å². The van der Waals surface area contributed by atoms with Gasteiger partial charge in [0.2, 0.25) is 0 Å². The average Bonchev–Trinajstić information content (AvgIpc) is 2.47. The summed E-state index contributed by atoms with van der Waals surface area (Å²) in [6, 6.07) is 10.7. The van der Waals surface area contributed by atoms with Crippen molar-refractivity contribution < 1.29 is 13.9 Å². The van der Waals surface area contributed by atoms with Gasteiger partial charge in [0.15, 0.2) is 0 Å². The van der Waals surface area contributed by atoms with Crippen LogP contribution in [0.1, 0.15) is 15.9 Å². The van der Waals surface area contributed by atoms with Crippen LogP contribution < -0.4 is 15.8 Å². The molecule has 0 aliphatic carbocycles. The number of hydrogen-bond donors (Lipinski definition) is 2. The van der Waals surface area contributed by atoms with Crippen LogP contribution in [0.2, 0.25) is 0 Å². The number of hydrogen-bond acceptors (Lipinski definition) is 3. The molecular weight excluding hydrogens is 259 g/mol. The first kappa shape index (κ1) is 14.0. The summed E-state index contributed by atoms with van der Waals surface area (Å²) in [5.74, 6) is -0.343. The van der Waals surface area contributed by atoms with E-state index in [1.165, 1.54) is 25.3 Å². The Hall–Kier alpha value is -2.40. The van der Waals surface area contributed by atoms with Gasteiger partial charge in [0, 0.05) is 12.1 Å². The van der Waals surface area contributed by atoms with Crippen molar-refractivity contribution in [1.29, 1.82) is 0 Å². The SMILES string of the molecule is COc1cc(CN)ccc1NC(=O)c1cccc(F)c1. The van der Waals surface area contributed by atoms with Gasteiger partial charge in [-0.05, 0) is 35.9 Å². The Morgan fingerprint density at radius 3 is 2.75 bits per heavy atom. The van der Waals surface area contributed by atoms with Gasteiger partial charge in [0.05, 0.1) is 12.8 Å². The zero-order valence-corrected chi connectivity index (χ0v) is 11.0. The lowest BCUT2D eigenvalue weighted by Crippen LogP contribution is -2.13. The van der Waals surface area contributed by atoms with Gasteiger partial charge in [-0.15, -0.1) is 0 Å². The van der Waals surface area contributed by atoms with Crippen LogP contribution in [-0.2, 0) is 6.54 Å². The Bertz CT molecular complexity index is 629. The molecule has 0 aliphatic heterocycles. The summed E-state index contributed by atoms with van der Waals surface area (Å²) in [5, 5.41) is 2.68. The largest absolute Gasteiger partial charge is 0.495 e. The van der Waals surface area contributed by atoms with Crippen LogP contribution in [-0.4, -0.2) is 13.0 Å². The Morgan fingerprint density at radius 1 is 1.30 bits per heavy atom. The standard InChI is InChI=1S/C15H15FN2O2/c1-20-14-7-10(9-17)5-6-13(14)18-15(19)11-3-2-4-12(16)8-11/h2-8H,9,17H2,1H3,(H,18,19). The third-order valence-electron chi connectivity index (χ3n) is 2.84. The molecular formula is C15H15FN2O2. The van der Waals surface area contributed by atoms with Crippen molar-refractivity contribution in [3.05, 3.63) is 59.4 Å². The highest BCUT2D eigenvalue weighted by Gasteiger charge is 2.10. The van der Waals surface area contributed by atoms with Crippen LogP contribution in [0.5, 0.6) is 5.75 Å². The summed E-state index contributed by atoms with van der Waals surface area (Å²) < 4.78 is 18.3. The lowest BCUT2D eigenvalue weighted by molar-refractivity contribution is 0.102. The second-order valence-corrected chi connectivity index (χ2v) is 4.20. The summed E-state index contributed by atoms with van der Waals surface area (Å²) in [7, 11) is 1.51. The Kier molecular flexibility index (Phi) is 4.32. The highest BCUT2D eigenvalue weighted by Crippen LogP contribution is 2.26. The molecule has 0 bridgehead atoms. The number of amides is 1. The van der Waals surface area contributed by atoms with E-state index < -0.39 is 11.7 Å². The predicted molar refractivity (Wildman–Crippen MR) is 75.2 cm³/mol. The molecule has 0 aliphatic rings. The summed E-state index contributed by atoms with van der Waals surface area (Å²) in [5.41, 5.74) is 7.20. The number of carbonyl (C=O) groups is 1. The molecule has 3 N–H and O–H groups in total. The number of nitrogens with one attached hydrogen (secondary N) is 1. The smallest absolute Gasteiger partial charge is 0.255 e. The summed E-state index contributed by atoms with van der Waals surface area (Å²) in [6.45, 7) is 0.383. The molecule has 0 unspecified atom stereocenters. The van der Waals surface area contributed by atoms with Crippen LogP contribution in [0.3, 0.4) is 0 Å². The van der Waals surface area contributed by atoms with Crippen molar-refractivity contribution in [2.24, 2.45) is 5.73 Å². The van der Waals surface area contributed by atoms with Crippen molar-refractivity contribution >= 4 is 11.6 Å². The van der Waals surface area contributed by atoms with Gasteiger partial charge < -0.3 is 15.8 Å². The van der Waals surface area contributed by atoms with Gasteiger partial charge in [-0.2, -0.15) is 0 Å². The lowest BCUT2D eigenvalue weighted by Gasteiger charge is -2.11. The third kappa shape index (κ3) is 3.13. The van der Waals surface area contributed by atoms with Crippen LogP contribution in [0.25, 0.3) is 0 Å². The van der Waals surface area contributed by atoms with Crippen molar-refractivity contribution in [2.75, 3.05) is 12.4 Å². The van der Waals surface area contributed by atoms with E-state index in [9.17, 15) is 9.18 Å². The number of carbonyl (C=O) groups excluding carboxylic acids is 1. The van der Waals surface area contributed by atoms with Crippen LogP contribution >= 0.6 is 0 Å². The van der Waals surface area contributed by atoms with E-state index in [2.05, 4.69) is 5.32 Å². The van der Waals surface area contributed by atoms with E-state index in [4.69, 9.17) is 10.5 Å². The van der Waals surface area contributed by atoms with Gasteiger partial charge in [0.1, 0.15) is 11.6 Å². The molecule has 20 heavy (non-hydrogen) atoms. The molecule has 0 heterocycles. The highest BCUT2D eigenvalue weighted by atomic mass is 19.1. The molecule has 5 heteroatoms. The molecule has 0 radical (unpaired) electrons. The Balaban J connectivity index is 2.23. The average molecular weight is 274 g/mol. The first-order valence-electron chi connectivity index (χ1n) is 6.08. The monoisotopic (exact) mass is 274 g/mol. The zero-order chi connectivity index (χ0) is 14.5. The van der Waals surface area contributed by atoms with Gasteiger partial charge >= 0.3 is 0 Å². The Morgan fingerprint density at radius 2 is 2.10 bits per heavy atom. The van der Waals surface area contributed by atoms with E-state index in [-0.39, 0.29) is 5.56 Å². The van der Waals surface area contributed by atoms with Crippen molar-refractivity contribution in [3.63, 3.8) is 0 Å². The molecule has 4 nitrogen and oxygen atoms in total. The topological polar surface area (TPSA) is 64.3 Å². The van der Waals surface area contributed by atoms with E-state index in [0.717, 1.165) is 5.56 Å². The van der Waals surface area contributed by atoms with Crippen molar-refractivity contribution in [2.45, 2.75) is 6.54 Å². The van der Waals surface area contributed by atoms with Gasteiger partial charge in [-0.1, -0.05) is 12.1 Å². The van der Waals surface area contributed by atoms with E-state index in [1.54, 1.807) is 24.3 Å². The number of benzene rings is 2. The maximum absolute atomic E-state index is 13.1. The van der Waals surface area contributed by atoms with E-state index >= 15 is 0 Å². The van der Waals surface area contributed by atoms with Crippen LogP contribution in [0.4, 0.5) is 10.1 Å². The highest BCUT2D eigenvalue weighted by molar-refractivity contribution is 6.05. The van der Waals surface area contributed by atoms with E-state index in [1.807, 2.05) is 0 Å². The van der Waals surface area contributed by atoms with Gasteiger partial charge in [-0.3, -0.25) is 4.79 Å². The molecule has 2 aromatic rings.